The first-order valence-electron chi connectivity index (χ1n) is 6.58. The Morgan fingerprint density at radius 3 is 2.62 bits per heavy atom. The van der Waals surface area contributed by atoms with Gasteiger partial charge in [-0.1, -0.05) is 13.3 Å². The molecule has 0 amide bonds. The van der Waals surface area contributed by atoms with Crippen LogP contribution in [0.5, 0.6) is 0 Å². The highest BCUT2D eigenvalue weighted by Crippen LogP contribution is 2.31. The lowest BCUT2D eigenvalue weighted by atomic mass is 9.85. The maximum absolute atomic E-state index is 9.48. The zero-order valence-corrected chi connectivity index (χ0v) is 10.6. The highest BCUT2D eigenvalue weighted by molar-refractivity contribution is 4.90. The van der Waals surface area contributed by atoms with Crippen LogP contribution in [-0.2, 0) is 4.74 Å². The molecule has 0 aromatic carbocycles. The van der Waals surface area contributed by atoms with Gasteiger partial charge in [-0.05, 0) is 25.7 Å². The van der Waals surface area contributed by atoms with Gasteiger partial charge in [0.2, 0.25) is 0 Å². The molecule has 2 fully saturated rings. The van der Waals surface area contributed by atoms with Crippen molar-refractivity contribution in [3.05, 3.63) is 0 Å². The molecule has 0 bridgehead atoms. The second-order valence-electron chi connectivity index (χ2n) is 5.97. The number of aliphatic hydroxyl groups is 1. The molecule has 2 atom stereocenters. The van der Waals surface area contributed by atoms with Crippen molar-refractivity contribution in [1.82, 2.24) is 4.90 Å². The molecule has 0 radical (unpaired) electrons. The van der Waals surface area contributed by atoms with Gasteiger partial charge in [-0.2, -0.15) is 0 Å². The van der Waals surface area contributed by atoms with Crippen LogP contribution >= 0.6 is 0 Å². The third kappa shape index (κ3) is 2.58. The molecule has 3 heteroatoms. The molecule has 3 nitrogen and oxygen atoms in total. The van der Waals surface area contributed by atoms with E-state index in [1.165, 1.54) is 25.8 Å². The molecular weight excluding hydrogens is 202 g/mol. The van der Waals surface area contributed by atoms with Crippen molar-refractivity contribution >= 4 is 0 Å². The number of nitrogens with zero attached hydrogens (tertiary/aromatic N) is 1. The van der Waals surface area contributed by atoms with Gasteiger partial charge in [-0.3, -0.25) is 4.90 Å². The van der Waals surface area contributed by atoms with Gasteiger partial charge in [0.15, 0.2) is 0 Å². The summed E-state index contributed by atoms with van der Waals surface area (Å²) in [6.45, 7) is 8.60. The maximum Gasteiger partial charge on any atom is 0.0579 e. The van der Waals surface area contributed by atoms with E-state index < -0.39 is 0 Å². The summed E-state index contributed by atoms with van der Waals surface area (Å²) >= 11 is 0. The van der Waals surface area contributed by atoms with Crippen LogP contribution in [0.1, 0.15) is 33.1 Å². The molecule has 0 spiro atoms. The Kier molecular flexibility index (Phi) is 3.88. The van der Waals surface area contributed by atoms with Crippen LogP contribution in [0.3, 0.4) is 0 Å². The lowest BCUT2D eigenvalue weighted by Crippen LogP contribution is -2.55. The molecule has 0 aromatic heterocycles. The molecule has 1 N–H and O–H groups in total. The number of ether oxygens (including phenoxy) is 1. The van der Waals surface area contributed by atoms with E-state index in [-0.39, 0.29) is 12.0 Å². The van der Waals surface area contributed by atoms with Gasteiger partial charge in [0.05, 0.1) is 25.2 Å². The van der Waals surface area contributed by atoms with Crippen molar-refractivity contribution in [2.45, 2.75) is 39.2 Å². The van der Waals surface area contributed by atoms with Crippen LogP contribution in [0.15, 0.2) is 0 Å². The molecule has 0 aromatic rings. The van der Waals surface area contributed by atoms with Crippen molar-refractivity contribution < 1.29 is 9.84 Å². The minimum Gasteiger partial charge on any atom is -0.396 e. The minimum absolute atomic E-state index is 0.0400. The lowest BCUT2D eigenvalue weighted by Gasteiger charge is -2.45. The van der Waals surface area contributed by atoms with Crippen LogP contribution in [0, 0.1) is 11.3 Å². The van der Waals surface area contributed by atoms with E-state index in [4.69, 9.17) is 4.74 Å². The van der Waals surface area contributed by atoms with Gasteiger partial charge < -0.3 is 9.84 Å². The Balaban J connectivity index is 1.95. The summed E-state index contributed by atoms with van der Waals surface area (Å²) in [7, 11) is 0. The van der Waals surface area contributed by atoms with Gasteiger partial charge >= 0.3 is 0 Å². The molecule has 2 unspecified atom stereocenters. The Morgan fingerprint density at radius 1 is 1.31 bits per heavy atom. The van der Waals surface area contributed by atoms with Gasteiger partial charge in [0.1, 0.15) is 0 Å². The fraction of sp³-hybridized carbons (Fsp3) is 1.00. The van der Waals surface area contributed by atoms with Gasteiger partial charge in [-0.15, -0.1) is 0 Å². The molecule has 0 saturated carbocycles. The number of hydrogen-bond acceptors (Lipinski definition) is 3. The zero-order valence-electron chi connectivity index (χ0n) is 10.6. The van der Waals surface area contributed by atoms with Crippen LogP contribution in [-0.4, -0.2) is 49.0 Å². The van der Waals surface area contributed by atoms with Crippen molar-refractivity contribution in [2.24, 2.45) is 11.3 Å². The number of hydrogen-bond donors (Lipinski definition) is 1. The van der Waals surface area contributed by atoms with E-state index in [1.807, 2.05) is 0 Å². The topological polar surface area (TPSA) is 32.7 Å². The fourth-order valence-corrected chi connectivity index (χ4v) is 2.89. The second kappa shape index (κ2) is 5.03. The van der Waals surface area contributed by atoms with E-state index in [1.54, 1.807) is 0 Å². The van der Waals surface area contributed by atoms with Gasteiger partial charge in [0, 0.05) is 19.1 Å². The molecule has 2 aliphatic heterocycles. The summed E-state index contributed by atoms with van der Waals surface area (Å²) in [5, 5.41) is 9.48. The fourth-order valence-electron chi connectivity index (χ4n) is 2.89. The summed E-state index contributed by atoms with van der Waals surface area (Å²) in [6, 6.07) is 0.661. The molecule has 2 saturated heterocycles. The predicted molar refractivity (Wildman–Crippen MR) is 64.4 cm³/mol. The highest BCUT2D eigenvalue weighted by atomic mass is 16.5. The Morgan fingerprint density at radius 2 is 2.06 bits per heavy atom. The van der Waals surface area contributed by atoms with Crippen LogP contribution < -0.4 is 0 Å². The highest BCUT2D eigenvalue weighted by Gasteiger charge is 2.40. The first kappa shape index (κ1) is 12.3. The van der Waals surface area contributed by atoms with Crippen molar-refractivity contribution in [3.63, 3.8) is 0 Å². The molecular formula is C13H25NO2. The van der Waals surface area contributed by atoms with Gasteiger partial charge in [0.25, 0.3) is 0 Å². The zero-order chi connectivity index (χ0) is 11.6. The number of rotatable bonds is 3. The molecule has 16 heavy (non-hydrogen) atoms. The monoisotopic (exact) mass is 227 g/mol. The smallest absolute Gasteiger partial charge is 0.0579 e. The Bertz CT molecular complexity index is 222. The summed E-state index contributed by atoms with van der Waals surface area (Å²) in [6.07, 6.45) is 4.00. The SMILES string of the molecule is CC1CCCC(C)N(CC2(CO)COC2)C1. The van der Waals surface area contributed by atoms with E-state index in [9.17, 15) is 5.11 Å². The molecule has 0 aliphatic carbocycles. The number of likely N-dealkylation sites (tertiary alicyclic amines) is 1. The number of aliphatic hydroxyl groups excluding tert-OH is 1. The maximum atomic E-state index is 9.48. The molecule has 94 valence electrons. The van der Waals surface area contributed by atoms with Crippen molar-refractivity contribution in [1.29, 1.82) is 0 Å². The predicted octanol–water partition coefficient (Wildman–Crippen LogP) is 1.51. The average Bonchev–Trinajstić information content (AvgIpc) is 2.35. The summed E-state index contributed by atoms with van der Waals surface area (Å²) < 4.78 is 5.28. The van der Waals surface area contributed by atoms with E-state index >= 15 is 0 Å². The molecule has 2 rings (SSSR count). The van der Waals surface area contributed by atoms with Crippen LogP contribution in [0.25, 0.3) is 0 Å². The van der Waals surface area contributed by atoms with Crippen LogP contribution in [0.2, 0.25) is 0 Å². The first-order valence-corrected chi connectivity index (χ1v) is 6.58. The van der Waals surface area contributed by atoms with E-state index in [2.05, 4.69) is 18.7 Å². The third-order valence-corrected chi connectivity index (χ3v) is 4.18. The van der Waals surface area contributed by atoms with Crippen molar-refractivity contribution in [3.8, 4) is 0 Å². The second-order valence-corrected chi connectivity index (χ2v) is 5.97. The summed E-state index contributed by atoms with van der Waals surface area (Å²) in [5.41, 5.74) is 0.0400. The lowest BCUT2D eigenvalue weighted by molar-refractivity contribution is -0.151. The van der Waals surface area contributed by atoms with Gasteiger partial charge in [-0.25, -0.2) is 0 Å². The summed E-state index contributed by atoms with van der Waals surface area (Å²) in [5.74, 6) is 0.793. The normalized spacial score (nSPS) is 35.4. The molecule has 2 heterocycles. The Labute approximate surface area is 98.8 Å². The van der Waals surface area contributed by atoms with Crippen molar-refractivity contribution in [2.75, 3.05) is 32.9 Å². The largest absolute Gasteiger partial charge is 0.396 e. The van der Waals surface area contributed by atoms with Crippen LogP contribution in [0.4, 0.5) is 0 Å². The molecule has 2 aliphatic rings. The average molecular weight is 227 g/mol. The van der Waals surface area contributed by atoms with E-state index in [0.717, 1.165) is 25.7 Å². The van der Waals surface area contributed by atoms with E-state index in [0.29, 0.717) is 6.04 Å². The third-order valence-electron chi connectivity index (χ3n) is 4.18. The quantitative estimate of drug-likeness (QED) is 0.793. The summed E-state index contributed by atoms with van der Waals surface area (Å²) in [4.78, 5) is 2.57. The standard InChI is InChI=1S/C13H25NO2/c1-11-4-3-5-12(2)14(6-11)7-13(8-15)9-16-10-13/h11-12,15H,3-10H2,1-2H3. The minimum atomic E-state index is 0.0400. The Hall–Kier alpha value is -0.120. The first-order chi connectivity index (χ1) is 7.65.